The summed E-state index contributed by atoms with van der Waals surface area (Å²) < 4.78 is 22.1. The molecule has 0 aromatic heterocycles. The normalized spacial score (nSPS) is 17.4. The molecule has 1 aromatic carbocycles. The molecule has 0 atom stereocenters. The summed E-state index contributed by atoms with van der Waals surface area (Å²) in [5, 5.41) is 9.16. The molecule has 18 heavy (non-hydrogen) atoms. The van der Waals surface area contributed by atoms with Crippen LogP contribution < -0.4 is 0 Å². The number of hydrogen-bond donors (Lipinski definition) is 1. The van der Waals surface area contributed by atoms with Gasteiger partial charge in [-0.15, -0.1) is 0 Å². The van der Waals surface area contributed by atoms with Gasteiger partial charge in [-0.25, -0.2) is 8.42 Å². The maximum absolute atomic E-state index is 11.1. The van der Waals surface area contributed by atoms with Crippen molar-refractivity contribution in [2.75, 3.05) is 12.0 Å². The molecular weight excluding hydrogens is 252 g/mol. The van der Waals surface area contributed by atoms with Gasteiger partial charge in [0.15, 0.2) is 0 Å². The van der Waals surface area contributed by atoms with Gasteiger partial charge >= 0.3 is 5.97 Å². The summed E-state index contributed by atoms with van der Waals surface area (Å²) in [6, 6.07) is 7.25. The zero-order chi connectivity index (χ0) is 13.4. The van der Waals surface area contributed by atoms with Crippen LogP contribution in [0.15, 0.2) is 24.3 Å². The fourth-order valence-corrected chi connectivity index (χ4v) is 2.65. The van der Waals surface area contributed by atoms with Crippen LogP contribution in [0.1, 0.15) is 24.0 Å². The second-order valence-electron chi connectivity index (χ2n) is 4.96. The maximum Gasteiger partial charge on any atom is 0.314 e. The van der Waals surface area contributed by atoms with Crippen molar-refractivity contribution in [2.24, 2.45) is 0 Å². The minimum atomic E-state index is -2.96. The van der Waals surface area contributed by atoms with E-state index in [1.807, 2.05) is 12.1 Å². The largest absolute Gasteiger partial charge is 0.481 e. The van der Waals surface area contributed by atoms with E-state index in [0.717, 1.165) is 11.1 Å². The first-order chi connectivity index (χ1) is 8.33. The average molecular weight is 268 g/mol. The molecular formula is C13H16O4S. The number of aryl methyl sites for hydroxylation is 1. The summed E-state index contributed by atoms with van der Waals surface area (Å²) in [6.45, 7) is 0. The van der Waals surface area contributed by atoms with Gasteiger partial charge in [-0.3, -0.25) is 4.79 Å². The molecule has 0 radical (unpaired) electrons. The molecule has 0 amide bonds. The van der Waals surface area contributed by atoms with Gasteiger partial charge in [0.2, 0.25) is 0 Å². The monoisotopic (exact) mass is 268 g/mol. The fourth-order valence-electron chi connectivity index (χ4n) is 2.04. The van der Waals surface area contributed by atoms with Crippen LogP contribution in [0.5, 0.6) is 0 Å². The summed E-state index contributed by atoms with van der Waals surface area (Å²) >= 11 is 0. The van der Waals surface area contributed by atoms with Gasteiger partial charge in [-0.2, -0.15) is 0 Å². The van der Waals surface area contributed by atoms with Gasteiger partial charge in [0.1, 0.15) is 9.84 Å². The van der Waals surface area contributed by atoms with Crippen LogP contribution in [0.25, 0.3) is 0 Å². The Bertz CT molecular complexity index is 553. The number of carboxylic acids is 1. The second kappa shape index (κ2) is 4.39. The smallest absolute Gasteiger partial charge is 0.314 e. The molecule has 1 saturated carbocycles. The van der Waals surface area contributed by atoms with Crippen molar-refractivity contribution in [3.05, 3.63) is 35.4 Å². The van der Waals surface area contributed by atoms with Crippen LogP contribution in [-0.2, 0) is 26.5 Å². The number of benzene rings is 1. The average Bonchev–Trinajstić information content (AvgIpc) is 3.07. The number of carboxylic acid groups (broad SMARTS) is 1. The first kappa shape index (κ1) is 13.1. The highest BCUT2D eigenvalue weighted by Crippen LogP contribution is 2.48. The van der Waals surface area contributed by atoms with Gasteiger partial charge < -0.3 is 5.11 Å². The lowest BCUT2D eigenvalue weighted by molar-refractivity contribution is -0.140. The number of rotatable bonds is 5. The van der Waals surface area contributed by atoms with Gasteiger partial charge in [-0.1, -0.05) is 24.3 Å². The van der Waals surface area contributed by atoms with E-state index in [1.165, 1.54) is 6.26 Å². The third-order valence-corrected chi connectivity index (χ3v) is 4.37. The van der Waals surface area contributed by atoms with Crippen molar-refractivity contribution in [3.8, 4) is 0 Å². The molecule has 0 saturated heterocycles. The minimum absolute atomic E-state index is 0.121. The second-order valence-corrected chi connectivity index (χ2v) is 7.22. The topological polar surface area (TPSA) is 71.4 Å². The zero-order valence-corrected chi connectivity index (χ0v) is 11.0. The molecule has 98 valence electrons. The molecule has 1 aliphatic carbocycles. The first-order valence-corrected chi connectivity index (χ1v) is 7.90. The van der Waals surface area contributed by atoms with Crippen molar-refractivity contribution in [2.45, 2.75) is 24.7 Å². The summed E-state index contributed by atoms with van der Waals surface area (Å²) in [7, 11) is -2.96. The van der Waals surface area contributed by atoms with E-state index >= 15 is 0 Å². The molecule has 1 aliphatic rings. The van der Waals surface area contributed by atoms with Crippen LogP contribution in [-0.4, -0.2) is 31.5 Å². The Labute approximate surface area is 107 Å². The van der Waals surface area contributed by atoms with Gasteiger partial charge in [0, 0.05) is 6.26 Å². The number of sulfone groups is 1. The first-order valence-electron chi connectivity index (χ1n) is 5.84. The van der Waals surface area contributed by atoms with E-state index in [2.05, 4.69) is 0 Å². The Balaban J connectivity index is 2.09. The highest BCUT2D eigenvalue weighted by molar-refractivity contribution is 7.90. The predicted octanol–water partition coefficient (Wildman–Crippen LogP) is 1.39. The molecule has 1 fully saturated rings. The fraction of sp³-hybridized carbons (Fsp3) is 0.462. The van der Waals surface area contributed by atoms with Crippen molar-refractivity contribution in [3.63, 3.8) is 0 Å². The third-order valence-electron chi connectivity index (χ3n) is 3.43. The minimum Gasteiger partial charge on any atom is -0.481 e. The number of aliphatic carboxylic acids is 1. The molecule has 0 spiro atoms. The van der Waals surface area contributed by atoms with E-state index in [9.17, 15) is 13.2 Å². The van der Waals surface area contributed by atoms with Crippen LogP contribution >= 0.6 is 0 Å². The Kier molecular flexibility index (Phi) is 3.19. The Morgan fingerprint density at radius 3 is 2.22 bits per heavy atom. The summed E-state index contributed by atoms with van der Waals surface area (Å²) in [4.78, 5) is 11.1. The van der Waals surface area contributed by atoms with Crippen LogP contribution in [0.2, 0.25) is 0 Å². The number of hydrogen-bond acceptors (Lipinski definition) is 3. The van der Waals surface area contributed by atoms with E-state index in [-0.39, 0.29) is 5.75 Å². The van der Waals surface area contributed by atoms with E-state index in [4.69, 9.17) is 5.11 Å². The SMILES string of the molecule is CS(=O)(=O)CCc1ccc(C2(C(=O)O)CC2)cc1. The van der Waals surface area contributed by atoms with E-state index < -0.39 is 21.2 Å². The van der Waals surface area contributed by atoms with E-state index in [0.29, 0.717) is 19.3 Å². The zero-order valence-electron chi connectivity index (χ0n) is 10.2. The van der Waals surface area contributed by atoms with Crippen LogP contribution in [0.4, 0.5) is 0 Å². The van der Waals surface area contributed by atoms with Crippen LogP contribution in [0, 0.1) is 0 Å². The molecule has 4 nitrogen and oxygen atoms in total. The lowest BCUT2D eigenvalue weighted by atomic mass is 9.95. The quantitative estimate of drug-likeness (QED) is 0.876. The van der Waals surface area contributed by atoms with Crippen molar-refractivity contribution < 1.29 is 18.3 Å². The molecule has 0 unspecified atom stereocenters. The Morgan fingerprint density at radius 1 is 1.28 bits per heavy atom. The maximum atomic E-state index is 11.1. The van der Waals surface area contributed by atoms with Crippen molar-refractivity contribution in [1.29, 1.82) is 0 Å². The van der Waals surface area contributed by atoms with Crippen LogP contribution in [0.3, 0.4) is 0 Å². The van der Waals surface area contributed by atoms with Crippen molar-refractivity contribution >= 4 is 15.8 Å². The Hall–Kier alpha value is -1.36. The molecule has 5 heteroatoms. The highest BCUT2D eigenvalue weighted by atomic mass is 32.2. The number of carbonyl (C=O) groups is 1. The van der Waals surface area contributed by atoms with Crippen molar-refractivity contribution in [1.82, 2.24) is 0 Å². The molecule has 0 bridgehead atoms. The molecule has 1 N–H and O–H groups in total. The van der Waals surface area contributed by atoms with Gasteiger partial charge in [-0.05, 0) is 30.4 Å². The summed E-state index contributed by atoms with van der Waals surface area (Å²) in [5.41, 5.74) is 1.05. The van der Waals surface area contributed by atoms with Gasteiger partial charge in [0.25, 0.3) is 0 Å². The summed E-state index contributed by atoms with van der Waals surface area (Å²) in [5.74, 6) is -0.650. The lowest BCUT2D eigenvalue weighted by Gasteiger charge is -2.10. The molecule has 1 aromatic rings. The molecule has 2 rings (SSSR count). The molecule has 0 heterocycles. The third kappa shape index (κ3) is 2.72. The molecule has 0 aliphatic heterocycles. The van der Waals surface area contributed by atoms with Gasteiger partial charge in [0.05, 0.1) is 11.2 Å². The van der Waals surface area contributed by atoms with E-state index in [1.54, 1.807) is 12.1 Å². The highest BCUT2D eigenvalue weighted by Gasteiger charge is 2.51. The standard InChI is InChI=1S/C13H16O4S/c1-18(16,17)9-6-10-2-4-11(5-3-10)13(7-8-13)12(14)15/h2-5H,6-9H2,1H3,(H,14,15). The summed E-state index contributed by atoms with van der Waals surface area (Å²) in [6.07, 6.45) is 3.06. The lowest BCUT2D eigenvalue weighted by Crippen LogP contribution is -2.19. The predicted molar refractivity (Wildman–Crippen MR) is 68.4 cm³/mol. The Morgan fingerprint density at radius 2 is 1.83 bits per heavy atom.